The van der Waals surface area contributed by atoms with Crippen molar-refractivity contribution in [2.45, 2.75) is 48.2 Å². The standard InChI is InChI=1S/C11H16Cl4/c1-10(2,12)9-5-3-8(4-6-9)7-11(13,14)15/h3,9H,4-7H2,1-2H3/t9-/m1/s1. The number of hydrogen-bond acceptors (Lipinski definition) is 0. The summed E-state index contributed by atoms with van der Waals surface area (Å²) in [4.78, 5) is -0.137. The van der Waals surface area contributed by atoms with E-state index in [2.05, 4.69) is 19.9 Å². The fourth-order valence-corrected chi connectivity index (χ4v) is 2.64. The number of allylic oxidation sites excluding steroid dienone is 2. The smallest absolute Gasteiger partial charge is 0.120 e. The van der Waals surface area contributed by atoms with Gasteiger partial charge >= 0.3 is 0 Å². The van der Waals surface area contributed by atoms with E-state index in [9.17, 15) is 0 Å². The van der Waals surface area contributed by atoms with E-state index in [1.807, 2.05) is 0 Å². The Labute approximate surface area is 112 Å². The van der Waals surface area contributed by atoms with Gasteiger partial charge in [-0.3, -0.25) is 0 Å². The molecule has 0 saturated heterocycles. The lowest BCUT2D eigenvalue weighted by Gasteiger charge is -2.31. The molecule has 1 atom stereocenters. The van der Waals surface area contributed by atoms with Gasteiger partial charge < -0.3 is 0 Å². The molecule has 1 aliphatic carbocycles. The zero-order chi connectivity index (χ0) is 11.7. The molecule has 0 aromatic heterocycles. The molecule has 0 radical (unpaired) electrons. The van der Waals surface area contributed by atoms with Gasteiger partial charge in [-0.25, -0.2) is 0 Å². The molecule has 0 unspecified atom stereocenters. The normalized spacial score (nSPS) is 23.9. The Morgan fingerprint density at radius 3 is 2.20 bits per heavy atom. The lowest BCUT2D eigenvalue weighted by atomic mass is 9.81. The first kappa shape index (κ1) is 14.0. The van der Waals surface area contributed by atoms with Gasteiger partial charge in [0.2, 0.25) is 0 Å². The predicted molar refractivity (Wildman–Crippen MR) is 70.3 cm³/mol. The van der Waals surface area contributed by atoms with Gasteiger partial charge in [-0.2, -0.15) is 0 Å². The second-order valence-corrected chi connectivity index (χ2v) is 8.18. The molecule has 4 heteroatoms. The molecule has 0 aliphatic heterocycles. The third kappa shape index (κ3) is 5.17. The highest BCUT2D eigenvalue weighted by Gasteiger charge is 2.30. The molecule has 0 amide bonds. The van der Waals surface area contributed by atoms with Gasteiger partial charge in [0.05, 0.1) is 0 Å². The summed E-state index contributed by atoms with van der Waals surface area (Å²) in [6, 6.07) is 0. The highest BCUT2D eigenvalue weighted by atomic mass is 35.6. The summed E-state index contributed by atoms with van der Waals surface area (Å²) in [5.41, 5.74) is 1.24. The van der Waals surface area contributed by atoms with Crippen LogP contribution in [0.1, 0.15) is 39.5 Å². The van der Waals surface area contributed by atoms with Crippen LogP contribution in [0.4, 0.5) is 0 Å². The monoisotopic (exact) mass is 288 g/mol. The Bertz CT molecular complexity index is 244. The highest BCUT2D eigenvalue weighted by Crippen LogP contribution is 2.40. The van der Waals surface area contributed by atoms with Crippen molar-refractivity contribution in [3.8, 4) is 0 Å². The van der Waals surface area contributed by atoms with Crippen LogP contribution in [-0.2, 0) is 0 Å². The molecule has 0 fully saturated rings. The third-order valence-corrected chi connectivity index (χ3v) is 3.61. The van der Waals surface area contributed by atoms with Crippen molar-refractivity contribution in [1.82, 2.24) is 0 Å². The van der Waals surface area contributed by atoms with E-state index in [1.54, 1.807) is 0 Å². The van der Waals surface area contributed by atoms with Gasteiger partial charge in [0.15, 0.2) is 3.79 Å². The van der Waals surface area contributed by atoms with Crippen LogP contribution >= 0.6 is 46.4 Å². The maximum Gasteiger partial charge on any atom is 0.194 e. The zero-order valence-corrected chi connectivity index (χ0v) is 12.0. The van der Waals surface area contributed by atoms with Gasteiger partial charge in [0.25, 0.3) is 0 Å². The first-order valence-corrected chi connectivity index (χ1v) is 6.63. The Kier molecular flexibility index (Phi) is 4.69. The van der Waals surface area contributed by atoms with Crippen LogP contribution in [0, 0.1) is 5.92 Å². The molecule has 1 rings (SSSR count). The minimum atomic E-state index is -1.16. The van der Waals surface area contributed by atoms with E-state index in [0.29, 0.717) is 12.3 Å². The third-order valence-electron chi connectivity index (χ3n) is 2.90. The van der Waals surface area contributed by atoms with Gasteiger partial charge in [-0.1, -0.05) is 46.5 Å². The molecular weight excluding hydrogens is 274 g/mol. The summed E-state index contributed by atoms with van der Waals surface area (Å²) in [6.07, 6.45) is 5.79. The average molecular weight is 290 g/mol. The van der Waals surface area contributed by atoms with E-state index < -0.39 is 3.79 Å². The molecule has 0 nitrogen and oxygen atoms in total. The van der Waals surface area contributed by atoms with Gasteiger partial charge in [-0.05, 0) is 39.0 Å². The summed E-state index contributed by atoms with van der Waals surface area (Å²) in [6.45, 7) is 4.12. The molecule has 0 aromatic rings. The molecule has 0 N–H and O–H groups in total. The lowest BCUT2D eigenvalue weighted by molar-refractivity contribution is 0.374. The highest BCUT2D eigenvalue weighted by molar-refractivity contribution is 6.67. The number of alkyl halides is 4. The summed E-state index contributed by atoms with van der Waals surface area (Å²) in [5.74, 6) is 0.526. The molecule has 0 aromatic carbocycles. The maximum atomic E-state index is 6.29. The van der Waals surface area contributed by atoms with E-state index in [0.717, 1.165) is 19.3 Å². The SMILES string of the molecule is CC(C)(Cl)[C@@H]1CC=C(CC(Cl)(Cl)Cl)CC1. The van der Waals surface area contributed by atoms with Gasteiger partial charge in [0.1, 0.15) is 0 Å². The van der Waals surface area contributed by atoms with Crippen molar-refractivity contribution in [3.63, 3.8) is 0 Å². The van der Waals surface area contributed by atoms with Crippen LogP contribution in [0.5, 0.6) is 0 Å². The van der Waals surface area contributed by atoms with Crippen molar-refractivity contribution in [1.29, 1.82) is 0 Å². The fourth-order valence-electron chi connectivity index (χ4n) is 1.93. The van der Waals surface area contributed by atoms with E-state index in [1.165, 1.54) is 5.57 Å². The molecule has 88 valence electrons. The molecule has 1 aliphatic rings. The number of rotatable bonds is 2. The molecule has 15 heavy (non-hydrogen) atoms. The molecule has 0 bridgehead atoms. The van der Waals surface area contributed by atoms with Crippen LogP contribution in [-0.4, -0.2) is 8.67 Å². The quantitative estimate of drug-likeness (QED) is 0.466. The minimum Gasteiger partial charge on any atom is -0.120 e. The van der Waals surface area contributed by atoms with Gasteiger partial charge in [-0.15, -0.1) is 11.6 Å². The Morgan fingerprint density at radius 2 is 1.87 bits per heavy atom. The maximum absolute atomic E-state index is 6.29. The van der Waals surface area contributed by atoms with Gasteiger partial charge in [0, 0.05) is 11.3 Å². The zero-order valence-electron chi connectivity index (χ0n) is 8.99. The van der Waals surface area contributed by atoms with E-state index in [4.69, 9.17) is 46.4 Å². The Balaban J connectivity index is 2.53. The largest absolute Gasteiger partial charge is 0.194 e. The van der Waals surface area contributed by atoms with Crippen LogP contribution in [0.2, 0.25) is 0 Å². The van der Waals surface area contributed by atoms with Crippen LogP contribution in [0.15, 0.2) is 11.6 Å². The van der Waals surface area contributed by atoms with Crippen molar-refractivity contribution < 1.29 is 0 Å². The molecule has 0 saturated carbocycles. The van der Waals surface area contributed by atoms with E-state index >= 15 is 0 Å². The summed E-state index contributed by atoms with van der Waals surface area (Å²) < 4.78 is -1.16. The topological polar surface area (TPSA) is 0 Å². The summed E-state index contributed by atoms with van der Waals surface area (Å²) in [5, 5.41) is 0. The van der Waals surface area contributed by atoms with Crippen molar-refractivity contribution in [2.24, 2.45) is 5.92 Å². The first-order chi connectivity index (χ1) is 6.68. The molecule has 0 spiro atoms. The second-order valence-electron chi connectivity index (χ2n) is 4.69. The fraction of sp³-hybridized carbons (Fsp3) is 0.818. The predicted octanol–water partition coefficient (Wildman–Crippen LogP) is 5.49. The first-order valence-electron chi connectivity index (χ1n) is 5.12. The Morgan fingerprint density at radius 1 is 1.27 bits per heavy atom. The van der Waals surface area contributed by atoms with E-state index in [-0.39, 0.29) is 4.87 Å². The number of hydrogen-bond donors (Lipinski definition) is 0. The Hall–Kier alpha value is 0.900. The summed E-state index contributed by atoms with van der Waals surface area (Å²) >= 11 is 23.6. The molecular formula is C11H16Cl4. The van der Waals surface area contributed by atoms with Crippen molar-refractivity contribution in [2.75, 3.05) is 0 Å². The van der Waals surface area contributed by atoms with Crippen LogP contribution < -0.4 is 0 Å². The number of halogens is 4. The minimum absolute atomic E-state index is 0.137. The molecule has 0 heterocycles. The average Bonchev–Trinajstić information content (AvgIpc) is 2.00. The lowest BCUT2D eigenvalue weighted by Crippen LogP contribution is -2.26. The summed E-state index contributed by atoms with van der Waals surface area (Å²) in [7, 11) is 0. The second kappa shape index (κ2) is 5.04. The van der Waals surface area contributed by atoms with Crippen molar-refractivity contribution in [3.05, 3.63) is 11.6 Å². The van der Waals surface area contributed by atoms with Crippen LogP contribution in [0.25, 0.3) is 0 Å². The van der Waals surface area contributed by atoms with Crippen molar-refractivity contribution >= 4 is 46.4 Å². The van der Waals surface area contributed by atoms with Crippen LogP contribution in [0.3, 0.4) is 0 Å².